The van der Waals surface area contributed by atoms with E-state index in [1.165, 1.54) is 0 Å². The summed E-state index contributed by atoms with van der Waals surface area (Å²) in [7, 11) is 0.722. The van der Waals surface area contributed by atoms with Gasteiger partial charge in [0.25, 0.3) is 0 Å². The third-order valence-corrected chi connectivity index (χ3v) is 0. The fourth-order valence-electron chi connectivity index (χ4n) is 0. The Balaban J connectivity index is -0.0000000201. The van der Waals surface area contributed by atoms with Crippen molar-refractivity contribution in [2.24, 2.45) is 0 Å². The van der Waals surface area contributed by atoms with E-state index in [1.54, 1.807) is 0 Å². The summed E-state index contributed by atoms with van der Waals surface area (Å²) in [6.45, 7) is 40.8. The first-order valence-electron chi connectivity index (χ1n) is 9.00. The topological polar surface area (TPSA) is 0 Å². The number of hydrogen-bond donors (Lipinski definition) is 0. The van der Waals surface area contributed by atoms with E-state index in [4.69, 9.17) is 0 Å². The molecule has 162 valence electrons. The Morgan fingerprint density at radius 2 is 0.222 bits per heavy atom. The summed E-state index contributed by atoms with van der Waals surface area (Å²) in [4.78, 5) is 0. The van der Waals surface area contributed by atoms with Gasteiger partial charge in [-0.15, -0.1) is 0 Å². The van der Waals surface area contributed by atoms with Crippen LogP contribution in [0.3, 0.4) is 0 Å². The zero-order chi connectivity index (χ0) is 21.5. The summed E-state index contributed by atoms with van der Waals surface area (Å²) < 4.78 is 0. The van der Waals surface area contributed by atoms with E-state index in [9.17, 15) is 0 Å². The van der Waals surface area contributed by atoms with Crippen molar-refractivity contribution in [1.82, 2.24) is 0 Å². The van der Waals surface area contributed by atoms with Crippen LogP contribution < -0.4 is 0 Å². The molecule has 0 aliphatic carbocycles. The van der Waals surface area contributed by atoms with E-state index in [-0.39, 0.29) is 112 Å². The molecule has 27 heavy (non-hydrogen) atoms. The van der Waals surface area contributed by atoms with Crippen LogP contribution in [0.4, 0.5) is 0 Å². The number of rotatable bonds is 0. The van der Waals surface area contributed by atoms with Gasteiger partial charge in [-0.25, -0.2) is 0 Å². The standard InChI is InChI=1S/6C3H9Si.2Ge.Sn/c6*1-4(2)3;;;/h6*1-3H3;;;. The zero-order valence-electron chi connectivity index (χ0n) is 22.5. The van der Waals surface area contributed by atoms with Crippen LogP contribution in [0.25, 0.3) is 0 Å². The van der Waals surface area contributed by atoms with E-state index >= 15 is 0 Å². The molecule has 0 nitrogen and oxygen atoms in total. The molecule has 0 atom stereocenters. The van der Waals surface area contributed by atoms with Crippen LogP contribution in [0.1, 0.15) is 0 Å². The molecule has 0 spiro atoms. The molecule has 0 amide bonds. The summed E-state index contributed by atoms with van der Waals surface area (Å²) in [5.74, 6) is 0. The molecule has 0 aromatic rings. The third kappa shape index (κ3) is 2130. The maximum atomic E-state index is 2.27. The van der Waals surface area contributed by atoms with Crippen molar-refractivity contribution in [3.63, 3.8) is 0 Å². The second-order valence-corrected chi connectivity index (χ2v) is 27.0. The zero-order valence-corrected chi connectivity index (χ0v) is 35.6. The molecule has 0 saturated carbocycles. The third-order valence-electron chi connectivity index (χ3n) is 0. The summed E-state index contributed by atoms with van der Waals surface area (Å²) in [5.41, 5.74) is 0. The summed E-state index contributed by atoms with van der Waals surface area (Å²) in [6, 6.07) is 0. The van der Waals surface area contributed by atoms with Crippen LogP contribution >= 0.6 is 0 Å². The van der Waals surface area contributed by atoms with Gasteiger partial charge < -0.3 is 0 Å². The van der Waals surface area contributed by atoms with Crippen molar-refractivity contribution in [2.75, 3.05) is 0 Å². The normalized spacial score (nSPS) is 8.00. The predicted molar refractivity (Wildman–Crippen MR) is 157 cm³/mol. The molecule has 0 saturated heterocycles. The predicted octanol–water partition coefficient (Wildman–Crippen LogP) is 7.08. The Morgan fingerprint density at radius 3 is 0.222 bits per heavy atom. The van der Waals surface area contributed by atoms with E-state index < -0.39 is 0 Å². The van der Waals surface area contributed by atoms with Crippen molar-refractivity contribution < 1.29 is 0 Å². The molecule has 0 aromatic heterocycles. The molecule has 9 heteroatoms. The van der Waals surface area contributed by atoms with Gasteiger partial charge >= 0.3 is 0 Å². The molecule has 0 aromatic carbocycles. The van der Waals surface area contributed by atoms with Crippen LogP contribution in [-0.4, -0.2) is 112 Å². The van der Waals surface area contributed by atoms with Crippen molar-refractivity contribution >= 4 is 112 Å². The van der Waals surface area contributed by atoms with Gasteiger partial charge in [0.1, 0.15) is 0 Å². The Bertz CT molecular complexity index is 111. The maximum absolute atomic E-state index is 2.27. The molecule has 0 rings (SSSR count). The van der Waals surface area contributed by atoms with E-state index in [0.29, 0.717) is 0 Å². The first-order chi connectivity index (χ1) is 10.4. The van der Waals surface area contributed by atoms with Crippen molar-refractivity contribution in [3.8, 4) is 0 Å². The second kappa shape index (κ2) is 51.7. The molecule has 0 aliphatic rings. The first kappa shape index (κ1) is 57.3. The minimum atomic E-state index is 0. The van der Waals surface area contributed by atoms with Gasteiger partial charge in [-0.2, -0.15) is 0 Å². The first-order valence-corrected chi connectivity index (χ1v) is 27.0. The SMILES string of the molecule is C[Si](C)C.C[Si](C)C.C[Si](C)C.C[Si](C)C.C[Si](C)C.C[Si](C)C.[Ge].[Ge].[Sn]. The van der Waals surface area contributed by atoms with E-state index in [0.717, 1.165) is 0 Å². The van der Waals surface area contributed by atoms with Crippen LogP contribution in [0.2, 0.25) is 118 Å². The molecule has 0 N–H and O–H groups in total. The van der Waals surface area contributed by atoms with Gasteiger partial charge in [-0.05, 0) is 0 Å². The van der Waals surface area contributed by atoms with E-state index in [1.807, 2.05) is 0 Å². The molecular formula is C18H54Ge2Si6Sn. The Hall–Kier alpha value is 3.19. The quantitative estimate of drug-likeness (QED) is 0.237. The Kier molecular flexibility index (Phi) is 110. The fraction of sp³-hybridized carbons (Fsp3) is 1.00. The summed E-state index contributed by atoms with van der Waals surface area (Å²) in [5, 5.41) is 0. The molecule has 0 heterocycles. The van der Waals surface area contributed by atoms with Crippen LogP contribution in [0.5, 0.6) is 0 Å². The monoisotopic (exact) mass is 706 g/mol. The molecule has 0 unspecified atom stereocenters. The van der Waals surface area contributed by atoms with Gasteiger partial charge in [-0.1, -0.05) is 118 Å². The minimum absolute atomic E-state index is 0. The number of hydrogen-bond acceptors (Lipinski definition) is 0. The van der Waals surface area contributed by atoms with Gasteiger partial charge in [0.15, 0.2) is 0 Å². The second-order valence-electron chi connectivity index (χ2n) is 9.00. The molecule has 18 radical (unpaired) electrons. The average molecular weight is 703 g/mol. The maximum Gasteiger partial charge on any atom is 0.0379 e. The van der Waals surface area contributed by atoms with Gasteiger partial charge in [0.2, 0.25) is 0 Å². The molecule has 0 fully saturated rings. The van der Waals surface area contributed by atoms with Crippen molar-refractivity contribution in [3.05, 3.63) is 0 Å². The smallest absolute Gasteiger partial charge is 0.0379 e. The largest absolute Gasteiger partial charge is 0.0715 e. The van der Waals surface area contributed by atoms with Gasteiger partial charge in [0.05, 0.1) is 0 Å². The van der Waals surface area contributed by atoms with Crippen molar-refractivity contribution in [1.29, 1.82) is 0 Å². The summed E-state index contributed by atoms with van der Waals surface area (Å²) >= 11 is 0. The fourth-order valence-corrected chi connectivity index (χ4v) is 0. The van der Waals surface area contributed by atoms with Crippen LogP contribution in [-0.2, 0) is 0 Å². The minimum Gasteiger partial charge on any atom is -0.0715 e. The van der Waals surface area contributed by atoms with Gasteiger partial charge in [-0.3, -0.25) is 0 Å². The van der Waals surface area contributed by atoms with Crippen LogP contribution in [0.15, 0.2) is 0 Å². The molecular weight excluding hydrogens is 649 g/mol. The molecule has 0 bridgehead atoms. The summed E-state index contributed by atoms with van der Waals surface area (Å²) in [6.07, 6.45) is 0. The van der Waals surface area contributed by atoms with Crippen molar-refractivity contribution in [2.45, 2.75) is 118 Å². The Morgan fingerprint density at radius 1 is 0.222 bits per heavy atom. The van der Waals surface area contributed by atoms with E-state index in [2.05, 4.69) is 118 Å². The molecule has 0 aliphatic heterocycles. The average Bonchev–Trinajstić information content (AvgIpc) is 2.08. The Labute approximate surface area is 227 Å². The van der Waals surface area contributed by atoms with Crippen LogP contribution in [0, 0.1) is 0 Å². The van der Waals surface area contributed by atoms with Gasteiger partial charge in [0, 0.05) is 112 Å².